The van der Waals surface area contributed by atoms with Crippen LogP contribution in [-0.2, 0) is 0 Å². The molecule has 0 bridgehead atoms. The van der Waals surface area contributed by atoms with Crippen molar-refractivity contribution in [2.45, 2.75) is 0 Å². The van der Waals surface area contributed by atoms with E-state index in [4.69, 9.17) is 21.1 Å². The molecule has 0 saturated carbocycles. The SMILES string of the molecule is COc1ccc(OC)c(Nc2ccnc(Cl)c2)c1. The number of aromatic nitrogens is 1. The smallest absolute Gasteiger partial charge is 0.142 e. The Kier molecular flexibility index (Phi) is 3.89. The van der Waals surface area contributed by atoms with Gasteiger partial charge in [-0.15, -0.1) is 0 Å². The molecule has 0 fully saturated rings. The Morgan fingerprint density at radius 1 is 1.11 bits per heavy atom. The van der Waals surface area contributed by atoms with Crippen LogP contribution in [0.3, 0.4) is 0 Å². The number of methoxy groups -OCH3 is 2. The van der Waals surface area contributed by atoms with Gasteiger partial charge in [0.2, 0.25) is 0 Å². The maximum atomic E-state index is 5.84. The minimum atomic E-state index is 0.432. The van der Waals surface area contributed by atoms with E-state index >= 15 is 0 Å². The van der Waals surface area contributed by atoms with Crippen LogP contribution < -0.4 is 14.8 Å². The van der Waals surface area contributed by atoms with E-state index in [0.29, 0.717) is 5.15 Å². The fourth-order valence-corrected chi connectivity index (χ4v) is 1.72. The molecule has 0 atom stereocenters. The van der Waals surface area contributed by atoms with Crippen LogP contribution in [0.5, 0.6) is 11.5 Å². The van der Waals surface area contributed by atoms with Crippen LogP contribution in [0.25, 0.3) is 0 Å². The van der Waals surface area contributed by atoms with E-state index in [-0.39, 0.29) is 0 Å². The first-order chi connectivity index (χ1) is 8.72. The Labute approximate surface area is 111 Å². The first-order valence-electron chi connectivity index (χ1n) is 5.33. The van der Waals surface area contributed by atoms with Crippen LogP contribution in [0.4, 0.5) is 11.4 Å². The van der Waals surface area contributed by atoms with E-state index in [1.165, 1.54) is 0 Å². The van der Waals surface area contributed by atoms with Gasteiger partial charge >= 0.3 is 0 Å². The summed E-state index contributed by atoms with van der Waals surface area (Å²) < 4.78 is 10.5. The lowest BCUT2D eigenvalue weighted by Gasteiger charge is -2.12. The summed E-state index contributed by atoms with van der Waals surface area (Å²) >= 11 is 5.84. The third kappa shape index (κ3) is 2.84. The second-order valence-electron chi connectivity index (χ2n) is 3.56. The predicted octanol–water partition coefficient (Wildman–Crippen LogP) is 3.50. The molecule has 0 aliphatic rings. The highest BCUT2D eigenvalue weighted by Gasteiger charge is 2.05. The highest BCUT2D eigenvalue weighted by Crippen LogP contribution is 2.31. The van der Waals surface area contributed by atoms with Crippen LogP contribution in [-0.4, -0.2) is 19.2 Å². The van der Waals surface area contributed by atoms with Gasteiger partial charge in [0, 0.05) is 18.0 Å². The first-order valence-corrected chi connectivity index (χ1v) is 5.71. The van der Waals surface area contributed by atoms with Crippen LogP contribution in [0.1, 0.15) is 0 Å². The molecule has 1 heterocycles. The molecule has 0 aliphatic heterocycles. The zero-order chi connectivity index (χ0) is 13.0. The predicted molar refractivity (Wildman–Crippen MR) is 72.1 cm³/mol. The molecule has 1 aromatic carbocycles. The highest BCUT2D eigenvalue weighted by molar-refractivity contribution is 6.29. The number of nitrogens with one attached hydrogen (secondary N) is 1. The molecule has 0 radical (unpaired) electrons. The van der Waals surface area contributed by atoms with Crippen molar-refractivity contribution < 1.29 is 9.47 Å². The lowest BCUT2D eigenvalue weighted by Crippen LogP contribution is -1.96. The molecule has 4 nitrogen and oxygen atoms in total. The molecule has 0 saturated heterocycles. The summed E-state index contributed by atoms with van der Waals surface area (Å²) in [7, 11) is 3.24. The van der Waals surface area contributed by atoms with E-state index in [1.807, 2.05) is 24.3 Å². The molecule has 1 aromatic heterocycles. The van der Waals surface area contributed by atoms with Gasteiger partial charge in [0.25, 0.3) is 0 Å². The summed E-state index contributed by atoms with van der Waals surface area (Å²) in [5, 5.41) is 3.64. The number of pyridine rings is 1. The number of halogens is 1. The number of hydrogen-bond donors (Lipinski definition) is 1. The van der Waals surface area contributed by atoms with Gasteiger partial charge in [0.15, 0.2) is 0 Å². The Hall–Kier alpha value is -1.94. The minimum Gasteiger partial charge on any atom is -0.497 e. The first kappa shape index (κ1) is 12.5. The van der Waals surface area contributed by atoms with Crippen LogP contribution in [0.2, 0.25) is 5.15 Å². The second kappa shape index (κ2) is 5.60. The summed E-state index contributed by atoms with van der Waals surface area (Å²) in [5.74, 6) is 1.47. The van der Waals surface area contributed by atoms with E-state index in [9.17, 15) is 0 Å². The Balaban J connectivity index is 2.32. The zero-order valence-corrected chi connectivity index (χ0v) is 10.9. The van der Waals surface area contributed by atoms with Crippen molar-refractivity contribution in [3.63, 3.8) is 0 Å². The van der Waals surface area contributed by atoms with Crippen molar-refractivity contribution in [2.24, 2.45) is 0 Å². The quantitative estimate of drug-likeness (QED) is 0.859. The Morgan fingerprint density at radius 3 is 2.61 bits per heavy atom. The minimum absolute atomic E-state index is 0.432. The van der Waals surface area contributed by atoms with Crippen molar-refractivity contribution >= 4 is 23.0 Å². The van der Waals surface area contributed by atoms with Crippen LogP contribution in [0.15, 0.2) is 36.5 Å². The average Bonchev–Trinajstić information content (AvgIpc) is 2.38. The van der Waals surface area contributed by atoms with E-state index in [1.54, 1.807) is 26.5 Å². The molecule has 2 aromatic rings. The molecule has 0 spiro atoms. The van der Waals surface area contributed by atoms with Gasteiger partial charge in [-0.05, 0) is 24.3 Å². The van der Waals surface area contributed by atoms with Crippen molar-refractivity contribution in [3.05, 3.63) is 41.7 Å². The third-order valence-electron chi connectivity index (χ3n) is 2.41. The van der Waals surface area contributed by atoms with Gasteiger partial charge in [0.05, 0.1) is 19.9 Å². The largest absolute Gasteiger partial charge is 0.497 e. The fraction of sp³-hybridized carbons (Fsp3) is 0.154. The third-order valence-corrected chi connectivity index (χ3v) is 2.62. The summed E-state index contributed by atoms with van der Waals surface area (Å²) in [6.45, 7) is 0. The van der Waals surface area contributed by atoms with Gasteiger partial charge in [-0.25, -0.2) is 4.98 Å². The van der Waals surface area contributed by atoms with Crippen molar-refractivity contribution in [1.82, 2.24) is 4.98 Å². The summed E-state index contributed by atoms with van der Waals surface area (Å²) in [6.07, 6.45) is 1.64. The summed E-state index contributed by atoms with van der Waals surface area (Å²) in [5.41, 5.74) is 1.64. The summed E-state index contributed by atoms with van der Waals surface area (Å²) in [4.78, 5) is 3.93. The molecule has 5 heteroatoms. The normalized spacial score (nSPS) is 9.94. The number of rotatable bonds is 4. The van der Waals surface area contributed by atoms with Crippen molar-refractivity contribution in [3.8, 4) is 11.5 Å². The van der Waals surface area contributed by atoms with Gasteiger partial charge < -0.3 is 14.8 Å². The summed E-state index contributed by atoms with van der Waals surface area (Å²) in [6, 6.07) is 9.09. The molecule has 2 rings (SSSR count). The van der Waals surface area contributed by atoms with E-state index < -0.39 is 0 Å². The number of benzene rings is 1. The number of nitrogens with zero attached hydrogens (tertiary/aromatic N) is 1. The van der Waals surface area contributed by atoms with Gasteiger partial charge in [-0.2, -0.15) is 0 Å². The average molecular weight is 265 g/mol. The molecular formula is C13H13ClN2O2. The molecule has 94 valence electrons. The maximum Gasteiger partial charge on any atom is 0.142 e. The molecule has 0 aliphatic carbocycles. The Morgan fingerprint density at radius 2 is 1.94 bits per heavy atom. The molecular weight excluding hydrogens is 252 g/mol. The van der Waals surface area contributed by atoms with Crippen LogP contribution >= 0.6 is 11.6 Å². The lowest BCUT2D eigenvalue weighted by atomic mass is 10.2. The maximum absolute atomic E-state index is 5.84. The number of hydrogen-bond acceptors (Lipinski definition) is 4. The van der Waals surface area contributed by atoms with Crippen LogP contribution in [0, 0.1) is 0 Å². The fourth-order valence-electron chi connectivity index (χ4n) is 1.55. The molecule has 18 heavy (non-hydrogen) atoms. The molecule has 1 N–H and O–H groups in total. The van der Waals surface area contributed by atoms with Crippen molar-refractivity contribution in [2.75, 3.05) is 19.5 Å². The highest BCUT2D eigenvalue weighted by atomic mass is 35.5. The van der Waals surface area contributed by atoms with Crippen molar-refractivity contribution in [1.29, 1.82) is 0 Å². The Bertz CT molecular complexity index is 546. The standard InChI is InChI=1S/C13H13ClN2O2/c1-17-10-3-4-12(18-2)11(8-10)16-9-5-6-15-13(14)7-9/h3-8H,1-2H3,(H,15,16). The van der Waals surface area contributed by atoms with Gasteiger partial charge in [-0.3, -0.25) is 0 Å². The topological polar surface area (TPSA) is 43.4 Å². The number of anilines is 2. The monoisotopic (exact) mass is 264 g/mol. The van der Waals surface area contributed by atoms with Gasteiger partial charge in [0.1, 0.15) is 16.7 Å². The van der Waals surface area contributed by atoms with E-state index in [0.717, 1.165) is 22.9 Å². The molecule has 0 amide bonds. The number of ether oxygens (including phenoxy) is 2. The van der Waals surface area contributed by atoms with Gasteiger partial charge in [-0.1, -0.05) is 11.6 Å². The molecule has 0 unspecified atom stereocenters. The van der Waals surface area contributed by atoms with E-state index in [2.05, 4.69) is 10.3 Å². The lowest BCUT2D eigenvalue weighted by molar-refractivity contribution is 0.405. The second-order valence-corrected chi connectivity index (χ2v) is 3.95. The zero-order valence-electron chi connectivity index (χ0n) is 10.1.